The van der Waals surface area contributed by atoms with Gasteiger partial charge >= 0.3 is 0 Å². The van der Waals surface area contributed by atoms with Gasteiger partial charge in [0, 0.05) is 11.9 Å². The maximum atomic E-state index is 11.7. The van der Waals surface area contributed by atoms with Crippen LogP contribution >= 0.6 is 11.6 Å². The lowest BCUT2D eigenvalue weighted by Gasteiger charge is -2.25. The molecule has 1 rings (SSSR count). The molecule has 0 saturated carbocycles. The molecule has 1 amide bonds. The van der Waals surface area contributed by atoms with Crippen molar-refractivity contribution in [3.8, 4) is 0 Å². The zero-order valence-corrected chi connectivity index (χ0v) is 9.92. The Kier molecular flexibility index (Phi) is 5.36. The van der Waals surface area contributed by atoms with Gasteiger partial charge in [0.15, 0.2) is 6.10 Å². The van der Waals surface area contributed by atoms with Crippen LogP contribution in [0.25, 0.3) is 0 Å². The first kappa shape index (κ1) is 12.7. The van der Waals surface area contributed by atoms with Gasteiger partial charge in [-0.25, -0.2) is 0 Å². The van der Waals surface area contributed by atoms with Crippen molar-refractivity contribution >= 4 is 17.5 Å². The van der Waals surface area contributed by atoms with Crippen LogP contribution in [-0.4, -0.2) is 43.8 Å². The van der Waals surface area contributed by atoms with Crippen LogP contribution in [0.15, 0.2) is 0 Å². The van der Waals surface area contributed by atoms with Gasteiger partial charge < -0.3 is 14.8 Å². The summed E-state index contributed by atoms with van der Waals surface area (Å²) in [5.74, 6) is 0.669. The van der Waals surface area contributed by atoms with Crippen molar-refractivity contribution in [3.05, 3.63) is 0 Å². The summed E-state index contributed by atoms with van der Waals surface area (Å²) in [5, 5.41) is 2.87. The fourth-order valence-electron chi connectivity index (χ4n) is 1.23. The van der Waals surface area contributed by atoms with Crippen molar-refractivity contribution in [1.29, 1.82) is 0 Å². The molecule has 15 heavy (non-hydrogen) atoms. The highest BCUT2D eigenvalue weighted by molar-refractivity contribution is 6.18. The molecule has 0 aromatic rings. The number of ether oxygens (including phenoxy) is 2. The fourth-order valence-corrected chi connectivity index (χ4v) is 1.50. The van der Waals surface area contributed by atoms with Crippen LogP contribution in [-0.2, 0) is 14.3 Å². The summed E-state index contributed by atoms with van der Waals surface area (Å²) >= 11 is 5.71. The van der Waals surface area contributed by atoms with E-state index >= 15 is 0 Å². The highest BCUT2D eigenvalue weighted by Gasteiger charge is 2.24. The summed E-state index contributed by atoms with van der Waals surface area (Å²) in [4.78, 5) is 11.7. The van der Waals surface area contributed by atoms with Gasteiger partial charge in [0.25, 0.3) is 5.91 Å². The van der Waals surface area contributed by atoms with Crippen LogP contribution in [0.4, 0.5) is 0 Å². The molecule has 0 aliphatic carbocycles. The van der Waals surface area contributed by atoms with Gasteiger partial charge in [0.1, 0.15) is 0 Å². The van der Waals surface area contributed by atoms with Gasteiger partial charge in [-0.05, 0) is 12.8 Å². The molecule has 5 heteroatoms. The first-order valence-corrected chi connectivity index (χ1v) is 5.74. The average Bonchev–Trinajstić information content (AvgIpc) is 2.29. The molecule has 3 atom stereocenters. The third-order valence-electron chi connectivity index (χ3n) is 2.58. The van der Waals surface area contributed by atoms with E-state index in [0.717, 1.165) is 0 Å². The van der Waals surface area contributed by atoms with Crippen LogP contribution in [0.1, 0.15) is 13.8 Å². The molecule has 1 saturated heterocycles. The number of alkyl halides is 1. The summed E-state index contributed by atoms with van der Waals surface area (Å²) in [7, 11) is 0. The zero-order chi connectivity index (χ0) is 11.3. The average molecular weight is 236 g/mol. The van der Waals surface area contributed by atoms with E-state index in [9.17, 15) is 4.79 Å². The van der Waals surface area contributed by atoms with Gasteiger partial charge in [0.05, 0.1) is 19.8 Å². The molecule has 0 radical (unpaired) electrons. The molecule has 1 aliphatic rings. The van der Waals surface area contributed by atoms with Crippen molar-refractivity contribution in [2.45, 2.75) is 26.0 Å². The van der Waals surface area contributed by atoms with Gasteiger partial charge in [0.2, 0.25) is 0 Å². The van der Waals surface area contributed by atoms with Gasteiger partial charge in [-0.3, -0.25) is 4.79 Å². The van der Waals surface area contributed by atoms with Gasteiger partial charge in [-0.1, -0.05) is 6.92 Å². The predicted molar refractivity (Wildman–Crippen MR) is 58.0 cm³/mol. The topological polar surface area (TPSA) is 47.6 Å². The third kappa shape index (κ3) is 3.97. The number of rotatable bonds is 4. The monoisotopic (exact) mass is 235 g/mol. The molecule has 88 valence electrons. The maximum absolute atomic E-state index is 11.7. The predicted octanol–water partition coefficient (Wildman–Crippen LogP) is 0.781. The Morgan fingerprint density at radius 1 is 1.53 bits per heavy atom. The molecule has 0 spiro atoms. The lowest BCUT2D eigenvalue weighted by Crippen LogP contribution is -2.47. The summed E-state index contributed by atoms with van der Waals surface area (Å²) in [6, 6.07) is 0.0560. The number of carbonyl (C=O) groups is 1. The van der Waals surface area contributed by atoms with E-state index < -0.39 is 6.10 Å². The van der Waals surface area contributed by atoms with Gasteiger partial charge in [-0.2, -0.15) is 0 Å². The van der Waals surface area contributed by atoms with Crippen LogP contribution in [0.3, 0.4) is 0 Å². The Hall–Kier alpha value is -0.320. The number of carbonyl (C=O) groups excluding carboxylic acids is 1. The van der Waals surface area contributed by atoms with E-state index in [4.69, 9.17) is 21.1 Å². The van der Waals surface area contributed by atoms with Crippen LogP contribution < -0.4 is 5.32 Å². The van der Waals surface area contributed by atoms with Crippen molar-refractivity contribution in [1.82, 2.24) is 5.32 Å². The summed E-state index contributed by atoms with van der Waals surface area (Å²) < 4.78 is 10.4. The van der Waals surface area contributed by atoms with Crippen molar-refractivity contribution in [3.63, 3.8) is 0 Å². The highest BCUT2D eigenvalue weighted by atomic mass is 35.5. The van der Waals surface area contributed by atoms with Crippen molar-refractivity contribution < 1.29 is 14.3 Å². The van der Waals surface area contributed by atoms with Crippen LogP contribution in [0.2, 0.25) is 0 Å². The first-order valence-electron chi connectivity index (χ1n) is 5.20. The quantitative estimate of drug-likeness (QED) is 0.733. The Labute approximate surface area is 95.3 Å². The summed E-state index contributed by atoms with van der Waals surface area (Å²) in [6.07, 6.45) is -0.469. The highest BCUT2D eigenvalue weighted by Crippen LogP contribution is 2.06. The summed E-state index contributed by atoms with van der Waals surface area (Å²) in [5.41, 5.74) is 0. The summed E-state index contributed by atoms with van der Waals surface area (Å²) in [6.45, 7) is 5.33. The molecule has 0 aromatic carbocycles. The van der Waals surface area contributed by atoms with Crippen LogP contribution in [0, 0.1) is 5.92 Å². The van der Waals surface area contributed by atoms with E-state index in [-0.39, 0.29) is 17.9 Å². The lowest BCUT2D eigenvalue weighted by atomic mass is 10.1. The number of hydrogen-bond acceptors (Lipinski definition) is 3. The Bertz CT molecular complexity index is 207. The number of amides is 1. The smallest absolute Gasteiger partial charge is 0.251 e. The van der Waals surface area contributed by atoms with E-state index in [1.165, 1.54) is 0 Å². The molecule has 1 aliphatic heterocycles. The third-order valence-corrected chi connectivity index (χ3v) is 3.06. The second kappa shape index (κ2) is 6.30. The van der Waals surface area contributed by atoms with Crippen LogP contribution in [0.5, 0.6) is 0 Å². The second-order valence-electron chi connectivity index (χ2n) is 3.86. The SMILES string of the molecule is CC(CCl)C(C)NC(=O)C1COCCO1. The zero-order valence-electron chi connectivity index (χ0n) is 9.16. The Morgan fingerprint density at radius 3 is 2.80 bits per heavy atom. The largest absolute Gasteiger partial charge is 0.376 e. The molecule has 0 bridgehead atoms. The lowest BCUT2D eigenvalue weighted by molar-refractivity contribution is -0.148. The minimum absolute atomic E-state index is 0.0560. The minimum Gasteiger partial charge on any atom is -0.376 e. The number of hydrogen-bond donors (Lipinski definition) is 1. The van der Waals surface area contributed by atoms with E-state index in [1.54, 1.807) is 0 Å². The second-order valence-corrected chi connectivity index (χ2v) is 4.17. The standard InChI is InChI=1S/C10H18ClNO3/c1-7(5-11)8(2)12-10(13)9-6-14-3-4-15-9/h7-9H,3-6H2,1-2H3,(H,12,13). The molecule has 1 fully saturated rings. The molecule has 1 N–H and O–H groups in total. The normalized spacial score (nSPS) is 25.7. The van der Waals surface area contributed by atoms with E-state index in [1.807, 2.05) is 13.8 Å². The minimum atomic E-state index is -0.469. The van der Waals surface area contributed by atoms with Crippen molar-refractivity contribution in [2.24, 2.45) is 5.92 Å². The van der Waals surface area contributed by atoms with Gasteiger partial charge in [-0.15, -0.1) is 11.6 Å². The Morgan fingerprint density at radius 2 is 2.27 bits per heavy atom. The molecule has 1 heterocycles. The number of halogens is 1. The fraction of sp³-hybridized carbons (Fsp3) is 0.900. The molecular formula is C10H18ClNO3. The van der Waals surface area contributed by atoms with E-state index in [2.05, 4.69) is 5.32 Å². The van der Waals surface area contributed by atoms with Crippen molar-refractivity contribution in [2.75, 3.05) is 25.7 Å². The molecule has 0 aromatic heterocycles. The maximum Gasteiger partial charge on any atom is 0.251 e. The number of nitrogens with one attached hydrogen (secondary N) is 1. The first-order chi connectivity index (χ1) is 7.15. The molecular weight excluding hydrogens is 218 g/mol. The van der Waals surface area contributed by atoms with E-state index in [0.29, 0.717) is 25.7 Å². The molecule has 4 nitrogen and oxygen atoms in total. The molecule has 3 unspecified atom stereocenters. The Balaban J connectivity index is 2.33.